The molecule has 0 saturated carbocycles. The SMILES string of the molecule is COc1cc(NC(=O)CNCc2ccccc2C)c(OC)cc1Cl. The molecule has 0 aliphatic heterocycles. The highest BCUT2D eigenvalue weighted by molar-refractivity contribution is 6.32. The number of methoxy groups -OCH3 is 2. The summed E-state index contributed by atoms with van der Waals surface area (Å²) in [6.07, 6.45) is 0. The summed E-state index contributed by atoms with van der Waals surface area (Å²) in [6, 6.07) is 11.3. The highest BCUT2D eigenvalue weighted by Gasteiger charge is 2.12. The van der Waals surface area contributed by atoms with Gasteiger partial charge in [-0.1, -0.05) is 35.9 Å². The zero-order chi connectivity index (χ0) is 17.5. The number of aryl methyl sites for hydroxylation is 1. The molecule has 0 spiro atoms. The van der Waals surface area contributed by atoms with Crippen LogP contribution in [0.3, 0.4) is 0 Å². The van der Waals surface area contributed by atoms with Gasteiger partial charge in [-0.25, -0.2) is 0 Å². The third-order valence-corrected chi connectivity index (χ3v) is 3.91. The molecule has 2 aromatic carbocycles. The Bertz CT molecular complexity index is 719. The van der Waals surface area contributed by atoms with Crippen molar-refractivity contribution in [3.8, 4) is 11.5 Å². The zero-order valence-electron chi connectivity index (χ0n) is 14.0. The largest absolute Gasteiger partial charge is 0.495 e. The Morgan fingerprint density at radius 3 is 2.50 bits per heavy atom. The third kappa shape index (κ3) is 4.63. The first kappa shape index (κ1) is 18.1. The van der Waals surface area contributed by atoms with Crippen molar-refractivity contribution in [2.24, 2.45) is 0 Å². The van der Waals surface area contributed by atoms with Crippen LogP contribution in [0, 0.1) is 6.92 Å². The van der Waals surface area contributed by atoms with Crippen molar-refractivity contribution in [3.05, 3.63) is 52.5 Å². The average molecular weight is 349 g/mol. The van der Waals surface area contributed by atoms with E-state index in [0.29, 0.717) is 28.8 Å². The fraction of sp³-hybridized carbons (Fsp3) is 0.278. The molecule has 5 nitrogen and oxygen atoms in total. The van der Waals surface area contributed by atoms with Crippen molar-refractivity contribution in [1.29, 1.82) is 0 Å². The van der Waals surface area contributed by atoms with Gasteiger partial charge in [0.1, 0.15) is 11.5 Å². The molecular formula is C18H21ClN2O3. The Morgan fingerprint density at radius 2 is 1.83 bits per heavy atom. The van der Waals surface area contributed by atoms with E-state index in [1.54, 1.807) is 12.1 Å². The summed E-state index contributed by atoms with van der Waals surface area (Å²) in [5.41, 5.74) is 2.87. The zero-order valence-corrected chi connectivity index (χ0v) is 14.7. The van der Waals surface area contributed by atoms with E-state index in [1.807, 2.05) is 31.2 Å². The number of ether oxygens (including phenoxy) is 2. The van der Waals surface area contributed by atoms with E-state index in [-0.39, 0.29) is 12.5 Å². The molecule has 2 rings (SSSR count). The van der Waals surface area contributed by atoms with Crippen LogP contribution in [0.1, 0.15) is 11.1 Å². The summed E-state index contributed by atoms with van der Waals surface area (Å²) >= 11 is 6.05. The molecule has 0 unspecified atom stereocenters. The minimum Gasteiger partial charge on any atom is -0.495 e. The van der Waals surface area contributed by atoms with Gasteiger partial charge in [0.2, 0.25) is 5.91 Å². The first-order valence-corrected chi connectivity index (χ1v) is 7.89. The topological polar surface area (TPSA) is 59.6 Å². The second kappa shape index (κ2) is 8.57. The summed E-state index contributed by atoms with van der Waals surface area (Å²) in [6.45, 7) is 2.85. The van der Waals surface area contributed by atoms with Crippen molar-refractivity contribution < 1.29 is 14.3 Å². The molecule has 0 aliphatic carbocycles. The number of hydrogen-bond acceptors (Lipinski definition) is 4. The fourth-order valence-corrected chi connectivity index (χ4v) is 2.50. The number of hydrogen-bond donors (Lipinski definition) is 2. The molecule has 0 bridgehead atoms. The van der Waals surface area contributed by atoms with Gasteiger partial charge >= 0.3 is 0 Å². The molecule has 0 saturated heterocycles. The summed E-state index contributed by atoms with van der Waals surface area (Å²) in [7, 11) is 3.03. The van der Waals surface area contributed by atoms with E-state index in [1.165, 1.54) is 19.8 Å². The molecule has 24 heavy (non-hydrogen) atoms. The minimum atomic E-state index is -0.175. The van der Waals surface area contributed by atoms with Gasteiger partial charge < -0.3 is 20.1 Å². The van der Waals surface area contributed by atoms with Crippen LogP contribution in [-0.4, -0.2) is 26.7 Å². The predicted molar refractivity (Wildman–Crippen MR) is 96.1 cm³/mol. The summed E-state index contributed by atoms with van der Waals surface area (Å²) in [4.78, 5) is 12.1. The number of nitrogens with one attached hydrogen (secondary N) is 2. The standard InChI is InChI=1S/C18H21ClN2O3/c1-12-6-4-5-7-13(12)10-20-11-18(22)21-15-9-16(23-2)14(19)8-17(15)24-3/h4-9,20H,10-11H2,1-3H3,(H,21,22). The first-order valence-electron chi connectivity index (χ1n) is 7.51. The normalized spacial score (nSPS) is 10.3. The van der Waals surface area contributed by atoms with Crippen molar-refractivity contribution >= 4 is 23.2 Å². The number of halogens is 1. The van der Waals surface area contributed by atoms with Gasteiger partial charge in [-0.3, -0.25) is 4.79 Å². The third-order valence-electron chi connectivity index (χ3n) is 3.61. The van der Waals surface area contributed by atoms with Gasteiger partial charge in [0, 0.05) is 18.7 Å². The van der Waals surface area contributed by atoms with Crippen LogP contribution in [0.4, 0.5) is 5.69 Å². The average Bonchev–Trinajstić information content (AvgIpc) is 2.57. The maximum absolute atomic E-state index is 12.1. The second-order valence-corrected chi connectivity index (χ2v) is 5.67. The molecule has 0 aromatic heterocycles. The van der Waals surface area contributed by atoms with Crippen molar-refractivity contribution in [2.45, 2.75) is 13.5 Å². The molecule has 2 aromatic rings. The lowest BCUT2D eigenvalue weighted by atomic mass is 10.1. The number of rotatable bonds is 7. The molecule has 0 heterocycles. The maximum Gasteiger partial charge on any atom is 0.238 e. The lowest BCUT2D eigenvalue weighted by molar-refractivity contribution is -0.115. The van der Waals surface area contributed by atoms with Crippen LogP contribution in [0.2, 0.25) is 5.02 Å². The molecular weight excluding hydrogens is 328 g/mol. The quantitative estimate of drug-likeness (QED) is 0.805. The Morgan fingerprint density at radius 1 is 1.12 bits per heavy atom. The van der Waals surface area contributed by atoms with Crippen LogP contribution >= 0.6 is 11.6 Å². The number of amides is 1. The Balaban J connectivity index is 1.96. The molecule has 128 valence electrons. The van der Waals surface area contributed by atoms with Crippen molar-refractivity contribution in [3.63, 3.8) is 0 Å². The van der Waals surface area contributed by atoms with E-state index in [9.17, 15) is 4.79 Å². The molecule has 0 aliphatic rings. The van der Waals surface area contributed by atoms with Crippen molar-refractivity contribution in [1.82, 2.24) is 5.32 Å². The van der Waals surface area contributed by atoms with Gasteiger partial charge in [0.05, 0.1) is 31.5 Å². The number of carbonyl (C=O) groups excluding carboxylic acids is 1. The van der Waals surface area contributed by atoms with E-state index in [2.05, 4.69) is 10.6 Å². The lowest BCUT2D eigenvalue weighted by Gasteiger charge is -2.13. The van der Waals surface area contributed by atoms with Gasteiger partial charge in [-0.15, -0.1) is 0 Å². The van der Waals surface area contributed by atoms with Gasteiger partial charge in [0.15, 0.2) is 0 Å². The highest BCUT2D eigenvalue weighted by atomic mass is 35.5. The number of carbonyl (C=O) groups is 1. The summed E-state index contributed by atoms with van der Waals surface area (Å²) < 4.78 is 10.4. The fourth-order valence-electron chi connectivity index (χ4n) is 2.27. The lowest BCUT2D eigenvalue weighted by Crippen LogP contribution is -2.28. The van der Waals surface area contributed by atoms with Crippen molar-refractivity contribution in [2.75, 3.05) is 26.1 Å². The van der Waals surface area contributed by atoms with E-state index in [0.717, 1.165) is 5.56 Å². The van der Waals surface area contributed by atoms with Crippen LogP contribution < -0.4 is 20.1 Å². The monoisotopic (exact) mass is 348 g/mol. The number of benzene rings is 2. The second-order valence-electron chi connectivity index (χ2n) is 5.27. The van der Waals surface area contributed by atoms with E-state index >= 15 is 0 Å². The van der Waals surface area contributed by atoms with Gasteiger partial charge in [0.25, 0.3) is 0 Å². The molecule has 2 N–H and O–H groups in total. The van der Waals surface area contributed by atoms with Gasteiger partial charge in [-0.05, 0) is 18.1 Å². The van der Waals surface area contributed by atoms with Crippen LogP contribution in [-0.2, 0) is 11.3 Å². The maximum atomic E-state index is 12.1. The molecule has 6 heteroatoms. The first-order chi connectivity index (χ1) is 11.5. The molecule has 0 radical (unpaired) electrons. The summed E-state index contributed by atoms with van der Waals surface area (Å²) in [5.74, 6) is 0.778. The van der Waals surface area contributed by atoms with Crippen LogP contribution in [0.25, 0.3) is 0 Å². The minimum absolute atomic E-state index is 0.175. The Kier molecular flexibility index (Phi) is 6.46. The van der Waals surface area contributed by atoms with Crippen LogP contribution in [0.15, 0.2) is 36.4 Å². The van der Waals surface area contributed by atoms with Gasteiger partial charge in [-0.2, -0.15) is 0 Å². The molecule has 1 amide bonds. The van der Waals surface area contributed by atoms with Crippen LogP contribution in [0.5, 0.6) is 11.5 Å². The van der Waals surface area contributed by atoms with E-state index in [4.69, 9.17) is 21.1 Å². The summed E-state index contributed by atoms with van der Waals surface area (Å²) in [5, 5.41) is 6.35. The number of anilines is 1. The Hall–Kier alpha value is -2.24. The highest BCUT2D eigenvalue weighted by Crippen LogP contribution is 2.35. The van der Waals surface area contributed by atoms with E-state index < -0.39 is 0 Å². The molecule has 0 atom stereocenters. The predicted octanol–water partition coefficient (Wildman–Crippen LogP) is 3.39. The Labute approximate surface area is 146 Å². The molecule has 0 fully saturated rings. The smallest absolute Gasteiger partial charge is 0.238 e.